The summed E-state index contributed by atoms with van der Waals surface area (Å²) in [7, 11) is 2.21. The van der Waals surface area contributed by atoms with Gasteiger partial charge in [0, 0.05) is 44.9 Å². The van der Waals surface area contributed by atoms with Gasteiger partial charge in [-0.3, -0.25) is 0 Å². The number of piperazine rings is 1. The Hall–Kier alpha value is -0.160. The summed E-state index contributed by atoms with van der Waals surface area (Å²) in [5.74, 6) is 0. The fourth-order valence-electron chi connectivity index (χ4n) is 2.55. The van der Waals surface area contributed by atoms with Crippen molar-refractivity contribution in [3.8, 4) is 0 Å². The SMILES string of the molecule is CN1CCNC(CCNC2CCOCC2)C1. The molecule has 0 aromatic carbocycles. The summed E-state index contributed by atoms with van der Waals surface area (Å²) in [5, 5.41) is 7.23. The largest absolute Gasteiger partial charge is 0.381 e. The van der Waals surface area contributed by atoms with Gasteiger partial charge in [0.2, 0.25) is 0 Å². The molecule has 0 bridgehead atoms. The molecule has 2 heterocycles. The fraction of sp³-hybridized carbons (Fsp3) is 1.00. The van der Waals surface area contributed by atoms with E-state index in [2.05, 4.69) is 22.6 Å². The van der Waals surface area contributed by atoms with Crippen LogP contribution in [0.5, 0.6) is 0 Å². The van der Waals surface area contributed by atoms with E-state index in [0.717, 1.165) is 26.3 Å². The standard InChI is InChI=1S/C12H25N3O/c1-15-7-6-14-12(10-15)2-5-13-11-3-8-16-9-4-11/h11-14H,2-10H2,1H3. The molecule has 2 saturated heterocycles. The number of nitrogens with zero attached hydrogens (tertiary/aromatic N) is 1. The predicted octanol–water partition coefficient (Wildman–Crippen LogP) is 0.0487. The highest BCUT2D eigenvalue weighted by atomic mass is 16.5. The number of hydrogen-bond acceptors (Lipinski definition) is 4. The first-order valence-electron chi connectivity index (χ1n) is 6.57. The topological polar surface area (TPSA) is 36.5 Å². The van der Waals surface area contributed by atoms with E-state index in [1.54, 1.807) is 0 Å². The van der Waals surface area contributed by atoms with Crippen LogP contribution in [-0.4, -0.2) is 63.4 Å². The molecule has 2 aliphatic rings. The van der Waals surface area contributed by atoms with E-state index in [9.17, 15) is 0 Å². The zero-order valence-corrected chi connectivity index (χ0v) is 10.4. The molecule has 4 nitrogen and oxygen atoms in total. The van der Waals surface area contributed by atoms with Gasteiger partial charge in [0.1, 0.15) is 0 Å². The van der Waals surface area contributed by atoms with Gasteiger partial charge < -0.3 is 20.3 Å². The zero-order chi connectivity index (χ0) is 11.2. The molecule has 16 heavy (non-hydrogen) atoms. The van der Waals surface area contributed by atoms with Crippen LogP contribution >= 0.6 is 0 Å². The molecule has 94 valence electrons. The molecule has 2 N–H and O–H groups in total. The first-order valence-corrected chi connectivity index (χ1v) is 6.57. The Kier molecular flexibility index (Phi) is 5.03. The van der Waals surface area contributed by atoms with Crippen molar-refractivity contribution in [3.05, 3.63) is 0 Å². The smallest absolute Gasteiger partial charge is 0.0480 e. The molecule has 0 saturated carbocycles. The molecule has 2 aliphatic heterocycles. The molecule has 2 rings (SSSR count). The molecule has 0 aromatic rings. The Morgan fingerprint density at radius 3 is 2.94 bits per heavy atom. The van der Waals surface area contributed by atoms with Crippen molar-refractivity contribution in [1.82, 2.24) is 15.5 Å². The first-order chi connectivity index (χ1) is 7.84. The van der Waals surface area contributed by atoms with Crippen molar-refractivity contribution in [2.45, 2.75) is 31.3 Å². The normalized spacial score (nSPS) is 29.4. The maximum atomic E-state index is 5.35. The highest BCUT2D eigenvalue weighted by Crippen LogP contribution is 2.06. The molecule has 1 unspecified atom stereocenters. The second kappa shape index (κ2) is 6.55. The minimum atomic E-state index is 0.672. The lowest BCUT2D eigenvalue weighted by atomic mass is 10.1. The quantitative estimate of drug-likeness (QED) is 0.711. The van der Waals surface area contributed by atoms with Gasteiger partial charge in [-0.2, -0.15) is 0 Å². The van der Waals surface area contributed by atoms with Crippen LogP contribution in [0.25, 0.3) is 0 Å². The number of hydrogen-bond donors (Lipinski definition) is 2. The van der Waals surface area contributed by atoms with Gasteiger partial charge >= 0.3 is 0 Å². The van der Waals surface area contributed by atoms with E-state index in [4.69, 9.17) is 4.74 Å². The Balaban J connectivity index is 1.56. The molecular weight excluding hydrogens is 202 g/mol. The van der Waals surface area contributed by atoms with E-state index in [-0.39, 0.29) is 0 Å². The van der Waals surface area contributed by atoms with E-state index >= 15 is 0 Å². The lowest BCUT2D eigenvalue weighted by Gasteiger charge is -2.31. The van der Waals surface area contributed by atoms with Gasteiger partial charge in [-0.05, 0) is 32.9 Å². The van der Waals surface area contributed by atoms with Crippen molar-refractivity contribution in [1.29, 1.82) is 0 Å². The van der Waals surface area contributed by atoms with E-state index in [1.807, 2.05) is 0 Å². The van der Waals surface area contributed by atoms with Gasteiger partial charge in [0.15, 0.2) is 0 Å². The third kappa shape index (κ3) is 4.01. The summed E-state index contributed by atoms with van der Waals surface area (Å²) in [6.07, 6.45) is 3.59. The summed E-state index contributed by atoms with van der Waals surface area (Å²) in [5.41, 5.74) is 0. The van der Waals surface area contributed by atoms with Crippen molar-refractivity contribution in [3.63, 3.8) is 0 Å². The Bertz CT molecular complexity index is 195. The van der Waals surface area contributed by atoms with Gasteiger partial charge in [0.05, 0.1) is 0 Å². The summed E-state index contributed by atoms with van der Waals surface area (Å²) in [6.45, 7) is 6.51. The van der Waals surface area contributed by atoms with Gasteiger partial charge in [0.25, 0.3) is 0 Å². The lowest BCUT2D eigenvalue weighted by Crippen LogP contribution is -2.50. The van der Waals surface area contributed by atoms with Crippen molar-refractivity contribution < 1.29 is 4.74 Å². The first kappa shape index (κ1) is 12.3. The molecular formula is C12H25N3O. The summed E-state index contributed by atoms with van der Waals surface area (Å²) < 4.78 is 5.35. The van der Waals surface area contributed by atoms with E-state index in [1.165, 1.54) is 32.4 Å². The average molecular weight is 227 g/mol. The van der Waals surface area contributed by atoms with Crippen LogP contribution in [0.1, 0.15) is 19.3 Å². The van der Waals surface area contributed by atoms with Crippen LogP contribution in [-0.2, 0) is 4.74 Å². The molecule has 2 fully saturated rings. The van der Waals surface area contributed by atoms with Crippen LogP contribution in [0.2, 0.25) is 0 Å². The average Bonchev–Trinajstić information content (AvgIpc) is 2.30. The van der Waals surface area contributed by atoms with Gasteiger partial charge in [-0.25, -0.2) is 0 Å². The Morgan fingerprint density at radius 2 is 2.19 bits per heavy atom. The minimum Gasteiger partial charge on any atom is -0.381 e. The Morgan fingerprint density at radius 1 is 1.38 bits per heavy atom. The van der Waals surface area contributed by atoms with Crippen molar-refractivity contribution >= 4 is 0 Å². The van der Waals surface area contributed by atoms with Crippen LogP contribution < -0.4 is 10.6 Å². The molecule has 1 atom stereocenters. The molecule has 0 radical (unpaired) electrons. The summed E-state index contributed by atoms with van der Waals surface area (Å²) in [4.78, 5) is 2.41. The maximum Gasteiger partial charge on any atom is 0.0480 e. The minimum absolute atomic E-state index is 0.672. The van der Waals surface area contributed by atoms with E-state index < -0.39 is 0 Å². The van der Waals surface area contributed by atoms with Gasteiger partial charge in [-0.15, -0.1) is 0 Å². The predicted molar refractivity (Wildman–Crippen MR) is 65.7 cm³/mol. The van der Waals surface area contributed by atoms with Crippen LogP contribution in [0.4, 0.5) is 0 Å². The maximum absolute atomic E-state index is 5.35. The molecule has 0 amide bonds. The second-order valence-corrected chi connectivity index (χ2v) is 5.04. The highest BCUT2D eigenvalue weighted by Gasteiger charge is 2.17. The molecule has 0 spiro atoms. The lowest BCUT2D eigenvalue weighted by molar-refractivity contribution is 0.0776. The summed E-state index contributed by atoms with van der Waals surface area (Å²) in [6, 6.07) is 1.36. The highest BCUT2D eigenvalue weighted by molar-refractivity contribution is 4.78. The molecule has 0 aromatic heterocycles. The third-order valence-corrected chi connectivity index (χ3v) is 3.61. The monoisotopic (exact) mass is 227 g/mol. The van der Waals surface area contributed by atoms with Crippen molar-refractivity contribution in [2.75, 3.05) is 46.4 Å². The number of rotatable bonds is 4. The van der Waals surface area contributed by atoms with Crippen LogP contribution in [0.3, 0.4) is 0 Å². The molecule has 4 heteroatoms. The molecule has 0 aliphatic carbocycles. The number of likely N-dealkylation sites (N-methyl/N-ethyl adjacent to an activating group) is 1. The van der Waals surface area contributed by atoms with Gasteiger partial charge in [-0.1, -0.05) is 0 Å². The third-order valence-electron chi connectivity index (χ3n) is 3.61. The summed E-state index contributed by atoms with van der Waals surface area (Å²) >= 11 is 0. The second-order valence-electron chi connectivity index (χ2n) is 5.04. The van der Waals surface area contributed by atoms with Crippen LogP contribution in [0, 0.1) is 0 Å². The zero-order valence-electron chi connectivity index (χ0n) is 10.4. The van der Waals surface area contributed by atoms with E-state index in [0.29, 0.717) is 12.1 Å². The fourth-order valence-corrected chi connectivity index (χ4v) is 2.55. The van der Waals surface area contributed by atoms with Crippen LogP contribution in [0.15, 0.2) is 0 Å². The Labute approximate surface area is 98.7 Å². The number of nitrogens with one attached hydrogen (secondary N) is 2. The van der Waals surface area contributed by atoms with Crippen molar-refractivity contribution in [2.24, 2.45) is 0 Å². The number of ether oxygens (including phenoxy) is 1.